The van der Waals surface area contributed by atoms with Gasteiger partial charge in [-0.25, -0.2) is 4.39 Å². The SMILES string of the molecule is Fc1ccc(-c2nnc(CBr)n2C2CC2)cc1. The van der Waals surface area contributed by atoms with Crippen molar-refractivity contribution in [2.75, 3.05) is 0 Å². The average Bonchev–Trinajstić information content (AvgIpc) is 3.10. The highest BCUT2D eigenvalue weighted by molar-refractivity contribution is 9.08. The minimum absolute atomic E-state index is 0.230. The van der Waals surface area contributed by atoms with E-state index in [9.17, 15) is 4.39 Å². The third-order valence-corrected chi connectivity index (χ3v) is 3.40. The molecular formula is C12H11BrFN3. The molecule has 0 aliphatic heterocycles. The molecule has 2 aromatic rings. The summed E-state index contributed by atoms with van der Waals surface area (Å²) >= 11 is 3.42. The molecule has 3 nitrogen and oxygen atoms in total. The zero-order valence-electron chi connectivity index (χ0n) is 9.11. The predicted molar refractivity (Wildman–Crippen MR) is 66.3 cm³/mol. The van der Waals surface area contributed by atoms with Crippen LogP contribution in [-0.4, -0.2) is 14.8 Å². The largest absolute Gasteiger partial charge is 0.307 e. The highest BCUT2D eigenvalue weighted by Gasteiger charge is 2.29. The van der Waals surface area contributed by atoms with Crippen molar-refractivity contribution in [2.24, 2.45) is 0 Å². The summed E-state index contributed by atoms with van der Waals surface area (Å²) < 4.78 is 15.0. The zero-order chi connectivity index (χ0) is 11.8. The topological polar surface area (TPSA) is 30.7 Å². The highest BCUT2D eigenvalue weighted by atomic mass is 79.9. The number of halogens is 2. The highest BCUT2D eigenvalue weighted by Crippen LogP contribution is 2.39. The molecule has 1 heterocycles. The summed E-state index contributed by atoms with van der Waals surface area (Å²) in [5, 5.41) is 9.07. The van der Waals surface area contributed by atoms with E-state index < -0.39 is 0 Å². The van der Waals surface area contributed by atoms with Gasteiger partial charge in [0.15, 0.2) is 5.82 Å². The lowest BCUT2D eigenvalue weighted by Crippen LogP contribution is -2.01. The fourth-order valence-corrected chi connectivity index (χ4v) is 2.31. The Labute approximate surface area is 107 Å². The Bertz CT molecular complexity index is 531. The normalized spacial score (nSPS) is 15.2. The van der Waals surface area contributed by atoms with Crippen LogP contribution in [0.1, 0.15) is 24.7 Å². The predicted octanol–water partition coefficient (Wildman–Crippen LogP) is 3.31. The molecule has 0 radical (unpaired) electrons. The van der Waals surface area contributed by atoms with E-state index in [-0.39, 0.29) is 5.82 Å². The fraction of sp³-hybridized carbons (Fsp3) is 0.333. The summed E-state index contributed by atoms with van der Waals surface area (Å²) in [7, 11) is 0. The molecule has 17 heavy (non-hydrogen) atoms. The summed E-state index contributed by atoms with van der Waals surface area (Å²) in [6.07, 6.45) is 2.35. The van der Waals surface area contributed by atoms with Gasteiger partial charge in [0, 0.05) is 11.6 Å². The molecule has 0 bridgehead atoms. The van der Waals surface area contributed by atoms with Crippen molar-refractivity contribution in [1.82, 2.24) is 14.8 Å². The maximum Gasteiger partial charge on any atom is 0.164 e. The molecule has 0 atom stereocenters. The van der Waals surface area contributed by atoms with Crippen LogP contribution in [0.3, 0.4) is 0 Å². The van der Waals surface area contributed by atoms with Gasteiger partial charge < -0.3 is 4.57 Å². The summed E-state index contributed by atoms with van der Waals surface area (Å²) in [6.45, 7) is 0. The van der Waals surface area contributed by atoms with Crippen LogP contribution in [0.2, 0.25) is 0 Å². The number of benzene rings is 1. The number of nitrogens with zero attached hydrogens (tertiary/aromatic N) is 3. The second-order valence-corrected chi connectivity index (χ2v) is 4.74. The van der Waals surface area contributed by atoms with E-state index >= 15 is 0 Å². The van der Waals surface area contributed by atoms with Crippen molar-refractivity contribution in [2.45, 2.75) is 24.2 Å². The molecule has 3 rings (SSSR count). The summed E-state index contributed by atoms with van der Waals surface area (Å²) in [5.41, 5.74) is 0.915. The molecule has 1 aromatic heterocycles. The van der Waals surface area contributed by atoms with Crippen molar-refractivity contribution in [1.29, 1.82) is 0 Å². The minimum atomic E-state index is -0.230. The lowest BCUT2D eigenvalue weighted by Gasteiger charge is -2.07. The van der Waals surface area contributed by atoms with Gasteiger partial charge in [0.1, 0.15) is 11.6 Å². The molecule has 1 aliphatic carbocycles. The van der Waals surface area contributed by atoms with Gasteiger partial charge >= 0.3 is 0 Å². The van der Waals surface area contributed by atoms with Gasteiger partial charge in [-0.2, -0.15) is 0 Å². The Hall–Kier alpha value is -1.23. The Morgan fingerprint density at radius 1 is 1.24 bits per heavy atom. The van der Waals surface area contributed by atoms with Gasteiger partial charge in [0.2, 0.25) is 0 Å². The lowest BCUT2D eigenvalue weighted by molar-refractivity contribution is 0.628. The first-order valence-electron chi connectivity index (χ1n) is 5.55. The third-order valence-electron chi connectivity index (χ3n) is 2.90. The van der Waals surface area contributed by atoms with Gasteiger partial charge in [0.25, 0.3) is 0 Å². The molecule has 0 spiro atoms. The van der Waals surface area contributed by atoms with Crippen LogP contribution in [-0.2, 0) is 5.33 Å². The summed E-state index contributed by atoms with van der Waals surface area (Å²) in [5.74, 6) is 1.54. The first kappa shape index (κ1) is 10.9. The summed E-state index contributed by atoms with van der Waals surface area (Å²) in [6, 6.07) is 6.91. The maximum absolute atomic E-state index is 12.9. The van der Waals surface area contributed by atoms with Gasteiger partial charge in [-0.15, -0.1) is 10.2 Å². The Balaban J connectivity index is 2.07. The molecule has 1 saturated carbocycles. The van der Waals surface area contributed by atoms with Crippen LogP contribution in [0.4, 0.5) is 4.39 Å². The fourth-order valence-electron chi connectivity index (χ4n) is 1.93. The van der Waals surface area contributed by atoms with Crippen LogP contribution in [0, 0.1) is 5.82 Å². The molecule has 0 amide bonds. The number of alkyl halides is 1. The van der Waals surface area contributed by atoms with E-state index in [1.807, 2.05) is 0 Å². The van der Waals surface area contributed by atoms with Crippen molar-refractivity contribution in [3.63, 3.8) is 0 Å². The number of hydrogen-bond donors (Lipinski definition) is 0. The molecular weight excluding hydrogens is 285 g/mol. The van der Waals surface area contributed by atoms with Gasteiger partial charge in [-0.1, -0.05) is 15.9 Å². The number of hydrogen-bond acceptors (Lipinski definition) is 2. The van der Waals surface area contributed by atoms with Gasteiger partial charge in [-0.05, 0) is 37.1 Å². The summed E-state index contributed by atoms with van der Waals surface area (Å²) in [4.78, 5) is 0. The zero-order valence-corrected chi connectivity index (χ0v) is 10.7. The van der Waals surface area contributed by atoms with Crippen LogP contribution in [0.5, 0.6) is 0 Å². The molecule has 1 aliphatic rings. The average molecular weight is 296 g/mol. The van der Waals surface area contributed by atoms with Gasteiger partial charge in [-0.3, -0.25) is 0 Å². The molecule has 88 valence electrons. The molecule has 0 N–H and O–H groups in total. The van der Waals surface area contributed by atoms with E-state index in [0.717, 1.165) is 17.2 Å². The van der Waals surface area contributed by atoms with E-state index in [4.69, 9.17) is 0 Å². The first-order valence-corrected chi connectivity index (χ1v) is 6.67. The van der Waals surface area contributed by atoms with Crippen LogP contribution < -0.4 is 0 Å². The van der Waals surface area contributed by atoms with Crippen molar-refractivity contribution < 1.29 is 4.39 Å². The minimum Gasteiger partial charge on any atom is -0.307 e. The second kappa shape index (κ2) is 4.22. The quantitative estimate of drug-likeness (QED) is 0.814. The van der Waals surface area contributed by atoms with Crippen molar-refractivity contribution in [3.8, 4) is 11.4 Å². The Morgan fingerprint density at radius 3 is 2.53 bits per heavy atom. The van der Waals surface area contributed by atoms with E-state index in [0.29, 0.717) is 11.4 Å². The molecule has 0 saturated heterocycles. The van der Waals surface area contributed by atoms with E-state index in [1.165, 1.54) is 25.0 Å². The standard InChI is InChI=1S/C12H11BrFN3/c13-7-11-15-16-12(17(11)10-5-6-10)8-1-3-9(14)4-2-8/h1-4,10H,5-7H2. The van der Waals surface area contributed by atoms with Crippen molar-refractivity contribution >= 4 is 15.9 Å². The van der Waals surface area contributed by atoms with Gasteiger partial charge in [0.05, 0.1) is 5.33 Å². The number of rotatable bonds is 3. The Kier molecular flexibility index (Phi) is 2.70. The number of aromatic nitrogens is 3. The molecule has 1 fully saturated rings. The maximum atomic E-state index is 12.9. The van der Waals surface area contributed by atoms with E-state index in [1.54, 1.807) is 12.1 Å². The Morgan fingerprint density at radius 2 is 1.94 bits per heavy atom. The van der Waals surface area contributed by atoms with E-state index in [2.05, 4.69) is 30.7 Å². The second-order valence-electron chi connectivity index (χ2n) is 4.18. The van der Waals surface area contributed by atoms with Crippen LogP contribution >= 0.6 is 15.9 Å². The first-order chi connectivity index (χ1) is 8.29. The molecule has 5 heteroatoms. The van der Waals surface area contributed by atoms with Crippen molar-refractivity contribution in [3.05, 3.63) is 35.9 Å². The molecule has 1 aromatic carbocycles. The monoisotopic (exact) mass is 295 g/mol. The smallest absolute Gasteiger partial charge is 0.164 e. The third kappa shape index (κ3) is 1.99. The lowest BCUT2D eigenvalue weighted by atomic mass is 10.2. The van der Waals surface area contributed by atoms with Crippen LogP contribution in [0.25, 0.3) is 11.4 Å². The molecule has 0 unspecified atom stereocenters. The van der Waals surface area contributed by atoms with Crippen LogP contribution in [0.15, 0.2) is 24.3 Å².